The molecule has 0 saturated carbocycles. The van der Waals surface area contributed by atoms with Crippen LogP contribution in [0.2, 0.25) is 0 Å². The highest BCUT2D eigenvalue weighted by Crippen LogP contribution is 2.41. The van der Waals surface area contributed by atoms with Gasteiger partial charge in [0.2, 0.25) is 5.91 Å². The summed E-state index contributed by atoms with van der Waals surface area (Å²) in [5.41, 5.74) is 11.1. The molecule has 5 aliphatic rings. The number of fused-ring (bicyclic) bond motifs is 4. The lowest BCUT2D eigenvalue weighted by atomic mass is 9.90. The Morgan fingerprint density at radius 2 is 1.85 bits per heavy atom. The van der Waals surface area contributed by atoms with Crippen LogP contribution in [0.1, 0.15) is 72.0 Å². The molecule has 2 fully saturated rings. The summed E-state index contributed by atoms with van der Waals surface area (Å²) in [6.45, 7) is 17.5. The van der Waals surface area contributed by atoms with Crippen LogP contribution in [0.3, 0.4) is 0 Å². The highest BCUT2D eigenvalue weighted by molar-refractivity contribution is 6.06. The van der Waals surface area contributed by atoms with Crippen molar-refractivity contribution >= 4 is 46.2 Å². The van der Waals surface area contributed by atoms with E-state index < -0.39 is 0 Å². The zero-order valence-corrected chi connectivity index (χ0v) is 38.5. The molecule has 3 aromatic heterocycles. The molecule has 0 spiro atoms. The zero-order valence-electron chi connectivity index (χ0n) is 38.5. The molecule has 0 bridgehead atoms. The summed E-state index contributed by atoms with van der Waals surface area (Å²) in [5, 5.41) is 17.3. The first kappa shape index (κ1) is 43.6. The van der Waals surface area contributed by atoms with E-state index in [1.54, 1.807) is 23.4 Å². The number of aliphatic hydroxyl groups is 1. The number of pyridine rings is 1. The second-order valence-corrected chi connectivity index (χ2v) is 19.1. The van der Waals surface area contributed by atoms with Crippen LogP contribution in [0.15, 0.2) is 73.6 Å². The monoisotopic (exact) mass is 892 g/mol. The minimum atomic E-state index is -0.364. The van der Waals surface area contributed by atoms with Crippen molar-refractivity contribution < 1.29 is 24.2 Å². The number of amides is 2. The smallest absolute Gasteiger partial charge is 0.276 e. The molecule has 4 aliphatic heterocycles. The maximum atomic E-state index is 14.0. The minimum absolute atomic E-state index is 0.135. The molecule has 7 heterocycles. The number of piperazine rings is 1. The van der Waals surface area contributed by atoms with Gasteiger partial charge in [-0.25, -0.2) is 15.0 Å². The Balaban J connectivity index is 0.850. The van der Waals surface area contributed by atoms with Crippen LogP contribution in [-0.2, 0) is 48.6 Å². The third-order valence-electron chi connectivity index (χ3n) is 14.3. The molecule has 344 valence electrons. The molecule has 2 aromatic carbocycles. The highest BCUT2D eigenvalue weighted by Gasteiger charge is 2.38. The topological polar surface area (TPSA) is 153 Å². The number of ether oxygens (including phenoxy) is 2. The summed E-state index contributed by atoms with van der Waals surface area (Å²) in [6, 6.07) is 17.3. The summed E-state index contributed by atoms with van der Waals surface area (Å²) in [6.07, 6.45) is 9.62. The van der Waals surface area contributed by atoms with Crippen LogP contribution >= 0.6 is 0 Å². The van der Waals surface area contributed by atoms with Crippen molar-refractivity contribution in [1.82, 2.24) is 24.4 Å². The molecule has 2 amide bonds. The van der Waals surface area contributed by atoms with Gasteiger partial charge in [0.05, 0.1) is 50.2 Å². The van der Waals surface area contributed by atoms with Crippen LogP contribution in [0, 0.1) is 5.41 Å². The largest absolute Gasteiger partial charge is 0.478 e. The molecule has 1 atom stereocenters. The lowest BCUT2D eigenvalue weighted by Gasteiger charge is -2.47. The normalized spacial score (nSPS) is 19.6. The number of nitrogens with one attached hydrogen (secondary N) is 2. The van der Waals surface area contributed by atoms with E-state index in [-0.39, 0.29) is 35.8 Å². The predicted molar refractivity (Wildman–Crippen MR) is 257 cm³/mol. The number of hydrogen-bond acceptors (Lipinski definition) is 12. The van der Waals surface area contributed by atoms with Crippen molar-refractivity contribution in [3.8, 4) is 17.1 Å². The first-order valence-electron chi connectivity index (χ1n) is 23.3. The van der Waals surface area contributed by atoms with E-state index in [4.69, 9.17) is 14.5 Å². The molecule has 10 rings (SSSR count). The number of benzene rings is 2. The highest BCUT2D eigenvalue weighted by atomic mass is 16.5. The summed E-state index contributed by atoms with van der Waals surface area (Å²) in [7, 11) is 1.53. The summed E-state index contributed by atoms with van der Waals surface area (Å²) < 4.78 is 13.5. The van der Waals surface area contributed by atoms with Crippen LogP contribution in [-0.4, -0.2) is 106 Å². The fraction of sp³-hybridized carbons (Fsp3) is 0.431. The van der Waals surface area contributed by atoms with E-state index in [1.165, 1.54) is 41.3 Å². The quantitative estimate of drug-likeness (QED) is 0.120. The van der Waals surface area contributed by atoms with Gasteiger partial charge in [-0.15, -0.1) is 0 Å². The van der Waals surface area contributed by atoms with Crippen LogP contribution in [0.25, 0.3) is 11.3 Å². The van der Waals surface area contributed by atoms with E-state index in [9.17, 15) is 14.7 Å². The predicted octanol–water partition coefficient (Wildman–Crippen LogP) is 6.75. The molecule has 2 saturated heterocycles. The molecule has 66 heavy (non-hydrogen) atoms. The van der Waals surface area contributed by atoms with Crippen molar-refractivity contribution in [3.05, 3.63) is 107 Å². The van der Waals surface area contributed by atoms with Crippen molar-refractivity contribution in [1.29, 1.82) is 0 Å². The standard InChI is InChI=1S/C51H60N10O5/c1-6-46(63)55-41-25-36(8-10-43(41)59-19-18-58(29-32(59)2)37-12-16-57(17-13-37)38-9-7-34-31-66-22-14-33(34)23-38)54-47-49(65-5)53-28-42(56-47)39-11-15-52-48(40(39)30-62)61-21-20-60-44(50(61)64)24-35-26-51(3,4)27-45(35)60/h6-11,15,23-25,28,32,37,62H,1,12-14,16-22,26-27,29-31H2,2-5H3,(H,54,56)(H,55,63)/t32-/m0/s1. The van der Waals surface area contributed by atoms with Gasteiger partial charge in [0.25, 0.3) is 11.8 Å². The minimum Gasteiger partial charge on any atom is -0.478 e. The van der Waals surface area contributed by atoms with E-state index in [1.807, 2.05) is 24.3 Å². The lowest BCUT2D eigenvalue weighted by molar-refractivity contribution is -0.111. The van der Waals surface area contributed by atoms with Gasteiger partial charge in [-0.3, -0.25) is 19.4 Å². The maximum absolute atomic E-state index is 14.0. The molecular weight excluding hydrogens is 833 g/mol. The van der Waals surface area contributed by atoms with Crippen molar-refractivity contribution in [2.75, 3.05) is 78.3 Å². The number of rotatable bonds is 11. The fourth-order valence-corrected chi connectivity index (χ4v) is 11.0. The number of aromatic nitrogens is 4. The SMILES string of the molecule is C=CC(=O)Nc1cc(Nc2nc(-c3ccnc(N4CCn5c(cc6c5CC(C)(C)C6)C4=O)c3CO)cnc2OC)ccc1N1CCN(C2CCN(c3ccc4c(c3)CCOC4)CC2)C[C@@H]1C. The van der Waals surface area contributed by atoms with Gasteiger partial charge in [-0.1, -0.05) is 26.5 Å². The molecule has 15 heteroatoms. The van der Waals surface area contributed by atoms with Crippen LogP contribution in [0.5, 0.6) is 5.88 Å². The third-order valence-corrected chi connectivity index (χ3v) is 14.3. The number of carbonyl (C=O) groups excluding carboxylic acids is 2. The van der Waals surface area contributed by atoms with Gasteiger partial charge in [0.15, 0.2) is 5.82 Å². The first-order valence-corrected chi connectivity index (χ1v) is 23.3. The van der Waals surface area contributed by atoms with Gasteiger partial charge in [0.1, 0.15) is 11.5 Å². The number of nitrogens with zero attached hydrogens (tertiary/aromatic N) is 8. The molecule has 0 unspecified atom stereocenters. The average Bonchev–Trinajstić information content (AvgIpc) is 3.83. The van der Waals surface area contributed by atoms with Crippen LogP contribution < -0.4 is 30.1 Å². The summed E-state index contributed by atoms with van der Waals surface area (Å²) in [4.78, 5) is 50.4. The Hall–Kier alpha value is -6.29. The van der Waals surface area contributed by atoms with Gasteiger partial charge < -0.3 is 39.6 Å². The summed E-state index contributed by atoms with van der Waals surface area (Å²) >= 11 is 0. The average molecular weight is 893 g/mol. The Labute approximate surface area is 386 Å². The van der Waals surface area contributed by atoms with E-state index in [2.05, 4.69) is 85.4 Å². The second-order valence-electron chi connectivity index (χ2n) is 19.1. The van der Waals surface area contributed by atoms with Gasteiger partial charge >= 0.3 is 0 Å². The third kappa shape index (κ3) is 8.28. The van der Waals surface area contributed by atoms with Gasteiger partial charge in [-0.05, 0) is 110 Å². The number of methoxy groups -OCH3 is 1. The van der Waals surface area contributed by atoms with E-state index in [0.29, 0.717) is 71.3 Å². The fourth-order valence-electron chi connectivity index (χ4n) is 11.0. The van der Waals surface area contributed by atoms with E-state index >= 15 is 0 Å². The molecule has 0 radical (unpaired) electrons. The second kappa shape index (κ2) is 17.8. The molecule has 15 nitrogen and oxygen atoms in total. The number of piperidine rings is 1. The Morgan fingerprint density at radius 3 is 2.64 bits per heavy atom. The van der Waals surface area contributed by atoms with Gasteiger partial charge in [-0.2, -0.15) is 0 Å². The molecule has 5 aromatic rings. The molecule has 3 N–H and O–H groups in total. The van der Waals surface area contributed by atoms with Crippen molar-refractivity contribution in [3.63, 3.8) is 0 Å². The Bertz CT molecular complexity index is 2690. The number of hydrogen-bond donors (Lipinski definition) is 3. The number of aliphatic hydroxyl groups excluding tert-OH is 1. The van der Waals surface area contributed by atoms with Crippen molar-refractivity contribution in [2.24, 2.45) is 5.41 Å². The van der Waals surface area contributed by atoms with Crippen molar-refractivity contribution in [2.45, 2.75) is 84.7 Å². The van der Waals surface area contributed by atoms with Crippen LogP contribution in [0.4, 0.5) is 34.4 Å². The number of carbonyl (C=O) groups is 2. The van der Waals surface area contributed by atoms with E-state index in [0.717, 1.165) is 77.1 Å². The Kier molecular flexibility index (Phi) is 11.8. The number of anilines is 6. The Morgan fingerprint density at radius 1 is 1.00 bits per heavy atom. The lowest BCUT2D eigenvalue weighted by Crippen LogP contribution is -2.57. The first-order chi connectivity index (χ1) is 32.0. The summed E-state index contributed by atoms with van der Waals surface area (Å²) in [5.74, 6) is 0.553. The maximum Gasteiger partial charge on any atom is 0.276 e. The molecular formula is C51H60N10O5. The zero-order chi connectivity index (χ0) is 45.7. The van der Waals surface area contributed by atoms with Gasteiger partial charge in [0, 0.05) is 92.3 Å². The molecule has 1 aliphatic carbocycles.